The minimum Gasteiger partial charge on any atom is -0.379 e. The van der Waals surface area contributed by atoms with Gasteiger partial charge in [0.1, 0.15) is 5.82 Å². The molecule has 4 rings (SSSR count). The second kappa shape index (κ2) is 7.50. The van der Waals surface area contributed by atoms with Crippen LogP contribution < -0.4 is 4.90 Å². The molecule has 1 atom stereocenters. The fourth-order valence-electron chi connectivity index (χ4n) is 4.18. The summed E-state index contributed by atoms with van der Waals surface area (Å²) in [6.07, 6.45) is 7.81. The third kappa shape index (κ3) is 3.99. The zero-order valence-electron chi connectivity index (χ0n) is 14.7. The Kier molecular flexibility index (Phi) is 4.95. The first kappa shape index (κ1) is 16.5. The van der Waals surface area contributed by atoms with Crippen molar-refractivity contribution in [1.29, 1.82) is 0 Å². The van der Waals surface area contributed by atoms with Crippen molar-refractivity contribution >= 4 is 5.82 Å². The van der Waals surface area contributed by atoms with Gasteiger partial charge in [0, 0.05) is 44.0 Å². The second-order valence-corrected chi connectivity index (χ2v) is 7.34. The molecule has 0 unspecified atom stereocenters. The molecular formula is C20H26N4O. The number of aromatic nitrogens is 2. The molecule has 2 aromatic rings. The molecule has 0 amide bonds. The molecule has 5 nitrogen and oxygen atoms in total. The van der Waals surface area contributed by atoms with Crippen LogP contribution in [0.4, 0.5) is 5.82 Å². The maximum Gasteiger partial charge on any atom is 0.147 e. The van der Waals surface area contributed by atoms with Crippen LogP contribution in [0.1, 0.15) is 18.4 Å². The van der Waals surface area contributed by atoms with Gasteiger partial charge in [0.2, 0.25) is 0 Å². The quantitative estimate of drug-likeness (QED) is 0.860. The van der Waals surface area contributed by atoms with Crippen LogP contribution in [0.3, 0.4) is 0 Å². The second-order valence-electron chi connectivity index (χ2n) is 7.34. The van der Waals surface area contributed by atoms with Crippen molar-refractivity contribution in [2.24, 2.45) is 5.41 Å². The number of likely N-dealkylation sites (tertiary alicyclic amines) is 1. The lowest BCUT2D eigenvalue weighted by atomic mass is 9.80. The highest BCUT2D eigenvalue weighted by Crippen LogP contribution is 2.34. The van der Waals surface area contributed by atoms with E-state index < -0.39 is 0 Å². The molecule has 2 saturated heterocycles. The third-order valence-corrected chi connectivity index (χ3v) is 5.30. The van der Waals surface area contributed by atoms with E-state index in [1.807, 2.05) is 6.20 Å². The molecule has 2 fully saturated rings. The molecule has 0 saturated carbocycles. The highest BCUT2D eigenvalue weighted by atomic mass is 16.5. The zero-order chi connectivity index (χ0) is 17.0. The van der Waals surface area contributed by atoms with E-state index in [0.717, 1.165) is 45.2 Å². The van der Waals surface area contributed by atoms with Gasteiger partial charge < -0.3 is 9.64 Å². The topological polar surface area (TPSA) is 41.5 Å². The van der Waals surface area contributed by atoms with Crippen molar-refractivity contribution in [2.45, 2.75) is 19.4 Å². The maximum atomic E-state index is 6.02. The standard InChI is InChI=1S/C20H26N4O/c1-2-5-18(6-3-1)14-23-10-4-7-20(15-23)16-24(11-12-25-17-20)19-13-21-8-9-22-19/h1-3,5-6,8-9,13H,4,7,10-12,14-17H2/t20-/m0/s1. The lowest BCUT2D eigenvalue weighted by Gasteiger charge is -2.43. The molecule has 0 N–H and O–H groups in total. The molecule has 0 bridgehead atoms. The summed E-state index contributed by atoms with van der Waals surface area (Å²) < 4.78 is 6.02. The SMILES string of the molecule is c1ccc(CN2CCC[C@]3(COCCN(c4cnccn4)C3)C2)cc1. The normalized spacial score (nSPS) is 25.0. The van der Waals surface area contributed by atoms with Gasteiger partial charge in [-0.15, -0.1) is 0 Å². The van der Waals surface area contributed by atoms with Crippen LogP contribution in [-0.4, -0.2) is 54.3 Å². The Morgan fingerprint density at radius 1 is 1.08 bits per heavy atom. The highest BCUT2D eigenvalue weighted by molar-refractivity contribution is 5.36. The number of ether oxygens (including phenoxy) is 1. The lowest BCUT2D eigenvalue weighted by molar-refractivity contribution is 0.0106. The summed E-state index contributed by atoms with van der Waals surface area (Å²) in [5, 5.41) is 0. The Morgan fingerprint density at radius 2 is 2.00 bits per heavy atom. The van der Waals surface area contributed by atoms with Crippen molar-refractivity contribution in [3.8, 4) is 0 Å². The molecule has 0 radical (unpaired) electrons. The van der Waals surface area contributed by atoms with E-state index in [2.05, 4.69) is 50.1 Å². The monoisotopic (exact) mass is 338 g/mol. The fraction of sp³-hybridized carbons (Fsp3) is 0.500. The van der Waals surface area contributed by atoms with Gasteiger partial charge in [-0.05, 0) is 24.9 Å². The summed E-state index contributed by atoms with van der Waals surface area (Å²) in [4.78, 5) is 13.7. The van der Waals surface area contributed by atoms with Gasteiger partial charge in [0.25, 0.3) is 0 Å². The smallest absolute Gasteiger partial charge is 0.147 e. The molecule has 2 aliphatic heterocycles. The minimum atomic E-state index is 0.182. The number of piperidine rings is 1. The van der Waals surface area contributed by atoms with Crippen LogP contribution in [0.25, 0.3) is 0 Å². The van der Waals surface area contributed by atoms with E-state index in [9.17, 15) is 0 Å². The lowest BCUT2D eigenvalue weighted by Crippen LogP contribution is -2.50. The molecule has 5 heteroatoms. The molecule has 2 aliphatic rings. The molecule has 0 aliphatic carbocycles. The van der Waals surface area contributed by atoms with E-state index in [4.69, 9.17) is 4.74 Å². The van der Waals surface area contributed by atoms with Gasteiger partial charge in [0.05, 0.1) is 19.4 Å². The first-order valence-electron chi connectivity index (χ1n) is 9.18. The van der Waals surface area contributed by atoms with Crippen LogP contribution in [0.5, 0.6) is 0 Å². The van der Waals surface area contributed by atoms with Crippen LogP contribution >= 0.6 is 0 Å². The zero-order valence-corrected chi connectivity index (χ0v) is 14.7. The van der Waals surface area contributed by atoms with E-state index in [1.54, 1.807) is 12.4 Å². The number of benzene rings is 1. The summed E-state index contributed by atoms with van der Waals surface area (Å²) >= 11 is 0. The van der Waals surface area contributed by atoms with Crippen molar-refractivity contribution < 1.29 is 4.74 Å². The first-order chi connectivity index (χ1) is 12.3. The fourth-order valence-corrected chi connectivity index (χ4v) is 4.18. The molecule has 1 aromatic carbocycles. The van der Waals surface area contributed by atoms with Gasteiger partial charge in [-0.2, -0.15) is 0 Å². The largest absolute Gasteiger partial charge is 0.379 e. The molecule has 1 aromatic heterocycles. The van der Waals surface area contributed by atoms with Gasteiger partial charge in [-0.1, -0.05) is 30.3 Å². The maximum absolute atomic E-state index is 6.02. The Labute approximate surface area is 149 Å². The molecule has 1 spiro atoms. The predicted octanol–water partition coefficient (Wildman–Crippen LogP) is 2.60. The van der Waals surface area contributed by atoms with Gasteiger partial charge in [-0.25, -0.2) is 4.98 Å². The Hall–Kier alpha value is -1.98. The summed E-state index contributed by atoms with van der Waals surface area (Å²) in [5.41, 5.74) is 1.57. The minimum absolute atomic E-state index is 0.182. The number of hydrogen-bond donors (Lipinski definition) is 0. The van der Waals surface area contributed by atoms with Gasteiger partial charge in [0.15, 0.2) is 0 Å². The molecular weight excluding hydrogens is 312 g/mol. The molecule has 132 valence electrons. The van der Waals surface area contributed by atoms with Crippen LogP contribution in [0.15, 0.2) is 48.9 Å². The number of anilines is 1. The van der Waals surface area contributed by atoms with Crippen molar-refractivity contribution in [1.82, 2.24) is 14.9 Å². The summed E-state index contributed by atoms with van der Waals surface area (Å²) in [7, 11) is 0. The van der Waals surface area contributed by atoms with E-state index in [0.29, 0.717) is 0 Å². The van der Waals surface area contributed by atoms with E-state index in [-0.39, 0.29) is 5.41 Å². The van der Waals surface area contributed by atoms with E-state index >= 15 is 0 Å². The van der Waals surface area contributed by atoms with Crippen LogP contribution in [0.2, 0.25) is 0 Å². The van der Waals surface area contributed by atoms with Crippen molar-refractivity contribution in [3.05, 3.63) is 54.5 Å². The van der Waals surface area contributed by atoms with Gasteiger partial charge in [-0.3, -0.25) is 9.88 Å². The number of nitrogens with zero attached hydrogens (tertiary/aromatic N) is 4. The third-order valence-electron chi connectivity index (χ3n) is 5.30. The Bertz CT molecular complexity index is 666. The number of rotatable bonds is 3. The summed E-state index contributed by atoms with van der Waals surface area (Å²) in [6.45, 7) is 6.76. The molecule has 3 heterocycles. The molecule has 25 heavy (non-hydrogen) atoms. The first-order valence-corrected chi connectivity index (χ1v) is 9.18. The van der Waals surface area contributed by atoms with Gasteiger partial charge >= 0.3 is 0 Å². The predicted molar refractivity (Wildman–Crippen MR) is 98.5 cm³/mol. The van der Waals surface area contributed by atoms with Crippen LogP contribution in [-0.2, 0) is 11.3 Å². The average Bonchev–Trinajstić information content (AvgIpc) is 2.86. The average molecular weight is 338 g/mol. The number of hydrogen-bond acceptors (Lipinski definition) is 5. The Balaban J connectivity index is 1.49. The van der Waals surface area contributed by atoms with Crippen molar-refractivity contribution in [3.63, 3.8) is 0 Å². The van der Waals surface area contributed by atoms with E-state index in [1.165, 1.54) is 24.9 Å². The highest BCUT2D eigenvalue weighted by Gasteiger charge is 2.39. The Morgan fingerprint density at radius 3 is 2.84 bits per heavy atom. The summed E-state index contributed by atoms with van der Waals surface area (Å²) in [6, 6.07) is 10.8. The van der Waals surface area contributed by atoms with Crippen LogP contribution in [0, 0.1) is 5.41 Å². The van der Waals surface area contributed by atoms with Crippen molar-refractivity contribution in [2.75, 3.05) is 44.3 Å². The summed E-state index contributed by atoms with van der Waals surface area (Å²) in [5.74, 6) is 0.965.